The predicted octanol–water partition coefficient (Wildman–Crippen LogP) is 2.68. The Morgan fingerprint density at radius 3 is 2.33 bits per heavy atom. The van der Waals surface area contributed by atoms with Gasteiger partial charge in [-0.25, -0.2) is 4.79 Å². The topological polar surface area (TPSA) is 62.8 Å². The first-order valence-corrected chi connectivity index (χ1v) is 9.07. The van der Waals surface area contributed by atoms with Gasteiger partial charge in [-0.2, -0.15) is 0 Å². The van der Waals surface area contributed by atoms with Crippen molar-refractivity contribution in [1.82, 2.24) is 15.5 Å². The summed E-state index contributed by atoms with van der Waals surface area (Å²) in [4.78, 5) is 14.1. The number of benzene rings is 2. The molecule has 0 spiro atoms. The number of hydrogen-bond acceptors (Lipinski definition) is 4. The molecule has 2 amide bonds. The molecule has 6 nitrogen and oxygen atoms in total. The second kappa shape index (κ2) is 11.1. The maximum atomic E-state index is 11.9. The number of rotatable bonds is 10. The van der Waals surface area contributed by atoms with E-state index in [9.17, 15) is 4.79 Å². The van der Waals surface area contributed by atoms with Crippen LogP contribution in [-0.4, -0.2) is 51.8 Å². The molecule has 0 atom stereocenters. The number of methoxy groups -OCH3 is 2. The quantitative estimate of drug-likeness (QED) is 0.674. The van der Waals surface area contributed by atoms with Crippen molar-refractivity contribution in [3.05, 3.63) is 59.7 Å². The van der Waals surface area contributed by atoms with Crippen molar-refractivity contribution >= 4 is 6.03 Å². The lowest BCUT2D eigenvalue weighted by molar-refractivity contribution is 0.238. The first kappa shape index (κ1) is 20.6. The van der Waals surface area contributed by atoms with Crippen molar-refractivity contribution in [2.24, 2.45) is 0 Å². The number of carbonyl (C=O) groups is 1. The minimum absolute atomic E-state index is 0.149. The Morgan fingerprint density at radius 2 is 1.63 bits per heavy atom. The molecule has 2 aromatic rings. The Labute approximate surface area is 161 Å². The molecule has 0 aromatic heterocycles. The van der Waals surface area contributed by atoms with Crippen molar-refractivity contribution < 1.29 is 14.3 Å². The van der Waals surface area contributed by atoms with Gasteiger partial charge in [0.2, 0.25) is 0 Å². The van der Waals surface area contributed by atoms with Crippen molar-refractivity contribution in [2.75, 3.05) is 40.9 Å². The average Bonchev–Trinajstić information content (AvgIpc) is 2.68. The minimum Gasteiger partial charge on any atom is -0.493 e. The third-order valence-corrected chi connectivity index (χ3v) is 4.22. The Hall–Kier alpha value is -2.73. The number of amides is 2. The second-order valence-electron chi connectivity index (χ2n) is 6.35. The summed E-state index contributed by atoms with van der Waals surface area (Å²) in [6, 6.07) is 15.9. The van der Waals surface area contributed by atoms with Crippen LogP contribution in [-0.2, 0) is 13.0 Å². The first-order valence-electron chi connectivity index (χ1n) is 9.07. The highest BCUT2D eigenvalue weighted by Crippen LogP contribution is 2.27. The number of nitrogens with one attached hydrogen (secondary N) is 2. The van der Waals surface area contributed by atoms with Crippen molar-refractivity contribution in [1.29, 1.82) is 0 Å². The summed E-state index contributed by atoms with van der Waals surface area (Å²) in [6.07, 6.45) is 0.724. The van der Waals surface area contributed by atoms with Crippen molar-refractivity contribution in [2.45, 2.75) is 13.0 Å². The molecular weight excluding hydrogens is 342 g/mol. The number of carbonyl (C=O) groups excluding carboxylic acids is 1. The standard InChI is InChI=1S/C21H29N3O3/c1-24(16-18-7-5-4-6-8-18)14-13-23-21(25)22-12-11-17-9-10-19(26-2)20(15-17)27-3/h4-10,15H,11-14,16H2,1-3H3,(H2,22,23,25). The molecule has 0 bridgehead atoms. The molecule has 0 fully saturated rings. The number of nitrogens with zero attached hydrogens (tertiary/aromatic N) is 1. The third-order valence-electron chi connectivity index (χ3n) is 4.22. The van der Waals surface area contributed by atoms with Gasteiger partial charge in [0.25, 0.3) is 0 Å². The molecule has 0 radical (unpaired) electrons. The first-order chi connectivity index (χ1) is 13.1. The highest BCUT2D eigenvalue weighted by molar-refractivity contribution is 5.73. The largest absolute Gasteiger partial charge is 0.493 e. The van der Waals surface area contributed by atoms with Gasteiger partial charge in [0, 0.05) is 26.2 Å². The van der Waals surface area contributed by atoms with E-state index in [-0.39, 0.29) is 6.03 Å². The van der Waals surface area contributed by atoms with Crippen LogP contribution in [0.2, 0.25) is 0 Å². The molecule has 27 heavy (non-hydrogen) atoms. The van der Waals surface area contributed by atoms with Gasteiger partial charge in [-0.15, -0.1) is 0 Å². The monoisotopic (exact) mass is 371 g/mol. The van der Waals surface area contributed by atoms with Crippen LogP contribution in [0.4, 0.5) is 4.79 Å². The zero-order valence-corrected chi connectivity index (χ0v) is 16.3. The van der Waals surface area contributed by atoms with Crippen molar-refractivity contribution in [3.8, 4) is 11.5 Å². The zero-order valence-electron chi connectivity index (χ0n) is 16.3. The summed E-state index contributed by atoms with van der Waals surface area (Å²) in [5.74, 6) is 1.40. The SMILES string of the molecule is COc1ccc(CCNC(=O)NCCN(C)Cc2ccccc2)cc1OC. The minimum atomic E-state index is -0.149. The van der Waals surface area contributed by atoms with Gasteiger partial charge in [-0.05, 0) is 36.7 Å². The molecule has 2 N–H and O–H groups in total. The van der Waals surface area contributed by atoms with Crippen LogP contribution in [0, 0.1) is 0 Å². The van der Waals surface area contributed by atoms with Crippen molar-refractivity contribution in [3.63, 3.8) is 0 Å². The lowest BCUT2D eigenvalue weighted by Crippen LogP contribution is -2.40. The third kappa shape index (κ3) is 7.19. The van der Waals surface area contributed by atoms with Crippen LogP contribution in [0.15, 0.2) is 48.5 Å². The Balaban J connectivity index is 1.63. The molecule has 0 saturated carbocycles. The Bertz CT molecular complexity index is 707. The highest BCUT2D eigenvalue weighted by atomic mass is 16.5. The highest BCUT2D eigenvalue weighted by Gasteiger charge is 2.06. The van der Waals surface area contributed by atoms with Gasteiger partial charge < -0.3 is 25.0 Å². The molecule has 146 valence electrons. The molecule has 2 aromatic carbocycles. The second-order valence-corrected chi connectivity index (χ2v) is 6.35. The Kier molecular flexibility index (Phi) is 8.45. The molecule has 0 saturated heterocycles. The van der Waals surface area contributed by atoms with Gasteiger partial charge in [-0.3, -0.25) is 0 Å². The van der Waals surface area contributed by atoms with Crippen LogP contribution in [0.25, 0.3) is 0 Å². The number of likely N-dealkylation sites (N-methyl/N-ethyl adjacent to an activating group) is 1. The van der Waals surface area contributed by atoms with E-state index in [0.717, 1.165) is 25.1 Å². The normalized spacial score (nSPS) is 10.5. The lowest BCUT2D eigenvalue weighted by atomic mass is 10.1. The number of urea groups is 1. The maximum absolute atomic E-state index is 11.9. The van der Waals surface area contributed by atoms with Gasteiger partial charge in [0.05, 0.1) is 14.2 Å². The van der Waals surface area contributed by atoms with E-state index < -0.39 is 0 Å². The van der Waals surface area contributed by atoms with Gasteiger partial charge in [0.15, 0.2) is 11.5 Å². The lowest BCUT2D eigenvalue weighted by Gasteiger charge is -2.17. The predicted molar refractivity (Wildman–Crippen MR) is 107 cm³/mol. The number of ether oxygens (including phenoxy) is 2. The average molecular weight is 371 g/mol. The van der Waals surface area contributed by atoms with E-state index in [2.05, 4.69) is 27.7 Å². The van der Waals surface area contributed by atoms with Crippen LogP contribution < -0.4 is 20.1 Å². The van der Waals surface area contributed by atoms with E-state index >= 15 is 0 Å². The van der Waals surface area contributed by atoms with E-state index in [4.69, 9.17) is 9.47 Å². The number of hydrogen-bond donors (Lipinski definition) is 2. The van der Waals surface area contributed by atoms with Crippen LogP contribution >= 0.6 is 0 Å². The molecule has 0 heterocycles. The maximum Gasteiger partial charge on any atom is 0.314 e. The summed E-state index contributed by atoms with van der Waals surface area (Å²) < 4.78 is 10.5. The van der Waals surface area contributed by atoms with E-state index in [1.54, 1.807) is 14.2 Å². The molecule has 6 heteroatoms. The molecular formula is C21H29N3O3. The molecule has 0 unspecified atom stereocenters. The fourth-order valence-corrected chi connectivity index (χ4v) is 2.75. The summed E-state index contributed by atoms with van der Waals surface area (Å²) in [6.45, 7) is 2.81. The van der Waals surface area contributed by atoms with Gasteiger partial charge >= 0.3 is 6.03 Å². The fraction of sp³-hybridized carbons (Fsp3) is 0.381. The summed E-state index contributed by atoms with van der Waals surface area (Å²) in [7, 11) is 5.27. The molecule has 0 aliphatic rings. The molecule has 2 rings (SSSR count). The zero-order chi connectivity index (χ0) is 19.5. The van der Waals surface area contributed by atoms with E-state index in [1.165, 1.54) is 5.56 Å². The summed E-state index contributed by atoms with van der Waals surface area (Å²) in [5.41, 5.74) is 2.34. The van der Waals surface area contributed by atoms with Gasteiger partial charge in [0.1, 0.15) is 0 Å². The molecule has 0 aliphatic carbocycles. The van der Waals surface area contributed by atoms with Crippen LogP contribution in [0.3, 0.4) is 0 Å². The van der Waals surface area contributed by atoms with Gasteiger partial charge in [-0.1, -0.05) is 36.4 Å². The Morgan fingerprint density at radius 1 is 0.926 bits per heavy atom. The smallest absolute Gasteiger partial charge is 0.314 e. The van der Waals surface area contributed by atoms with Crippen LogP contribution in [0.1, 0.15) is 11.1 Å². The molecule has 0 aliphatic heterocycles. The summed E-state index contributed by atoms with van der Waals surface area (Å²) in [5, 5.41) is 5.77. The van der Waals surface area contributed by atoms with E-state index in [1.807, 2.05) is 43.4 Å². The fourth-order valence-electron chi connectivity index (χ4n) is 2.75. The summed E-state index contributed by atoms with van der Waals surface area (Å²) >= 11 is 0. The van der Waals surface area contributed by atoms with Crippen LogP contribution in [0.5, 0.6) is 11.5 Å². The van der Waals surface area contributed by atoms with E-state index in [0.29, 0.717) is 24.6 Å².